The number of amides is 2. The molecule has 28 heavy (non-hydrogen) atoms. The SMILES string of the molecule is CCN(CC)S(=O)(=O)c1ccc(C(=O)N2CCCC(C(=O)NC3CC3)C2)cc1. The standard InChI is InChI=1S/C20H29N3O4S/c1-3-23(4-2)28(26,27)18-11-7-15(8-12-18)20(25)22-13-5-6-16(14-22)19(24)21-17-9-10-17/h7-8,11-12,16-17H,3-6,9-10,13-14H2,1-2H3,(H,21,24). The summed E-state index contributed by atoms with van der Waals surface area (Å²) in [5.74, 6) is -0.281. The fraction of sp³-hybridized carbons (Fsp3) is 0.600. The van der Waals surface area contributed by atoms with Crippen molar-refractivity contribution in [2.75, 3.05) is 26.2 Å². The van der Waals surface area contributed by atoms with E-state index in [4.69, 9.17) is 0 Å². The summed E-state index contributed by atoms with van der Waals surface area (Å²) in [5, 5.41) is 3.02. The van der Waals surface area contributed by atoms with Gasteiger partial charge >= 0.3 is 0 Å². The molecular formula is C20H29N3O4S. The molecule has 1 N–H and O–H groups in total. The molecule has 0 bridgehead atoms. The Morgan fingerprint density at radius 3 is 2.32 bits per heavy atom. The minimum absolute atomic E-state index is 0.0423. The Hall–Kier alpha value is -1.93. The smallest absolute Gasteiger partial charge is 0.253 e. The van der Waals surface area contributed by atoms with Gasteiger partial charge in [-0.05, 0) is 49.9 Å². The first-order chi connectivity index (χ1) is 13.4. The number of piperidine rings is 1. The van der Waals surface area contributed by atoms with E-state index in [9.17, 15) is 18.0 Å². The fourth-order valence-corrected chi connectivity index (χ4v) is 5.04. The van der Waals surface area contributed by atoms with Gasteiger partial charge in [-0.3, -0.25) is 9.59 Å². The molecule has 1 aromatic rings. The van der Waals surface area contributed by atoms with E-state index < -0.39 is 10.0 Å². The molecule has 1 heterocycles. The zero-order valence-corrected chi connectivity index (χ0v) is 17.4. The highest BCUT2D eigenvalue weighted by Gasteiger charge is 2.32. The molecule has 0 aromatic heterocycles. The van der Waals surface area contributed by atoms with Crippen molar-refractivity contribution < 1.29 is 18.0 Å². The molecular weight excluding hydrogens is 378 g/mol. The lowest BCUT2D eigenvalue weighted by Crippen LogP contribution is -2.45. The molecule has 154 valence electrons. The first kappa shape index (κ1) is 20.8. The summed E-state index contributed by atoms with van der Waals surface area (Å²) in [7, 11) is -3.54. The number of benzene rings is 1. The molecule has 1 saturated heterocycles. The topological polar surface area (TPSA) is 86.8 Å². The number of hydrogen-bond donors (Lipinski definition) is 1. The predicted molar refractivity (Wildman–Crippen MR) is 106 cm³/mol. The largest absolute Gasteiger partial charge is 0.353 e. The molecule has 2 fully saturated rings. The molecule has 1 aliphatic heterocycles. The summed E-state index contributed by atoms with van der Waals surface area (Å²) < 4.78 is 26.5. The molecule has 3 rings (SSSR count). The maximum absolute atomic E-state index is 12.8. The van der Waals surface area contributed by atoms with Gasteiger partial charge in [-0.2, -0.15) is 4.31 Å². The van der Waals surface area contributed by atoms with Crippen LogP contribution in [0.2, 0.25) is 0 Å². The van der Waals surface area contributed by atoms with Crippen LogP contribution in [0.15, 0.2) is 29.2 Å². The molecule has 1 saturated carbocycles. The van der Waals surface area contributed by atoms with Crippen LogP contribution in [0.25, 0.3) is 0 Å². The van der Waals surface area contributed by atoms with Gasteiger partial charge in [0.15, 0.2) is 0 Å². The number of nitrogens with one attached hydrogen (secondary N) is 1. The van der Waals surface area contributed by atoms with Crippen molar-refractivity contribution in [2.45, 2.75) is 50.5 Å². The van der Waals surface area contributed by atoms with Crippen molar-refractivity contribution in [3.8, 4) is 0 Å². The summed E-state index contributed by atoms with van der Waals surface area (Å²) >= 11 is 0. The van der Waals surface area contributed by atoms with Crippen LogP contribution >= 0.6 is 0 Å². The van der Waals surface area contributed by atoms with Crippen molar-refractivity contribution in [2.24, 2.45) is 5.92 Å². The lowest BCUT2D eigenvalue weighted by atomic mass is 9.96. The average molecular weight is 408 g/mol. The van der Waals surface area contributed by atoms with E-state index in [1.54, 1.807) is 30.9 Å². The van der Waals surface area contributed by atoms with Gasteiger partial charge in [0.1, 0.15) is 0 Å². The second-order valence-corrected chi connectivity index (χ2v) is 9.42. The molecule has 1 unspecified atom stereocenters. The highest BCUT2D eigenvalue weighted by atomic mass is 32.2. The number of carbonyl (C=O) groups excluding carboxylic acids is 2. The molecule has 0 spiro atoms. The summed E-state index contributed by atoms with van der Waals surface area (Å²) in [6.45, 7) is 5.42. The molecule has 2 amide bonds. The van der Waals surface area contributed by atoms with Crippen LogP contribution in [0.4, 0.5) is 0 Å². The maximum Gasteiger partial charge on any atom is 0.253 e. The first-order valence-electron chi connectivity index (χ1n) is 10.1. The minimum Gasteiger partial charge on any atom is -0.353 e. The van der Waals surface area contributed by atoms with Gasteiger partial charge in [0, 0.05) is 37.8 Å². The van der Waals surface area contributed by atoms with Crippen molar-refractivity contribution in [1.29, 1.82) is 0 Å². The number of rotatable bonds is 7. The van der Waals surface area contributed by atoms with Gasteiger partial charge in [0.25, 0.3) is 5.91 Å². The molecule has 0 radical (unpaired) electrons. The Kier molecular flexibility index (Phi) is 6.40. The molecule has 1 aliphatic carbocycles. The Labute approximate surface area is 167 Å². The van der Waals surface area contributed by atoms with Crippen molar-refractivity contribution in [3.05, 3.63) is 29.8 Å². The van der Waals surface area contributed by atoms with E-state index in [-0.39, 0.29) is 22.6 Å². The van der Waals surface area contributed by atoms with Crippen LogP contribution in [0.3, 0.4) is 0 Å². The van der Waals surface area contributed by atoms with Crippen molar-refractivity contribution in [1.82, 2.24) is 14.5 Å². The monoisotopic (exact) mass is 407 g/mol. The number of likely N-dealkylation sites (tertiary alicyclic amines) is 1. The van der Waals surface area contributed by atoms with E-state index in [2.05, 4.69) is 5.32 Å². The lowest BCUT2D eigenvalue weighted by Gasteiger charge is -2.32. The lowest BCUT2D eigenvalue weighted by molar-refractivity contribution is -0.126. The number of nitrogens with zero attached hydrogens (tertiary/aromatic N) is 2. The van der Waals surface area contributed by atoms with Crippen LogP contribution in [0.5, 0.6) is 0 Å². The normalized spacial score (nSPS) is 20.2. The van der Waals surface area contributed by atoms with Crippen LogP contribution in [-0.2, 0) is 14.8 Å². The third-order valence-electron chi connectivity index (χ3n) is 5.45. The van der Waals surface area contributed by atoms with E-state index in [1.807, 2.05) is 0 Å². The molecule has 8 heteroatoms. The third-order valence-corrected chi connectivity index (χ3v) is 7.51. The van der Waals surface area contributed by atoms with Crippen LogP contribution in [0, 0.1) is 5.92 Å². The summed E-state index contributed by atoms with van der Waals surface area (Å²) in [6, 6.07) is 6.42. The Balaban J connectivity index is 1.67. The highest BCUT2D eigenvalue weighted by Crippen LogP contribution is 2.23. The van der Waals surface area contributed by atoms with E-state index >= 15 is 0 Å². The second-order valence-electron chi connectivity index (χ2n) is 7.49. The van der Waals surface area contributed by atoms with E-state index in [1.165, 1.54) is 16.4 Å². The van der Waals surface area contributed by atoms with Gasteiger partial charge < -0.3 is 10.2 Å². The fourth-order valence-electron chi connectivity index (χ4n) is 3.59. The first-order valence-corrected chi connectivity index (χ1v) is 11.5. The van der Waals surface area contributed by atoms with Gasteiger partial charge in [0.05, 0.1) is 10.8 Å². The van der Waals surface area contributed by atoms with Gasteiger partial charge in [-0.15, -0.1) is 0 Å². The molecule has 7 nitrogen and oxygen atoms in total. The van der Waals surface area contributed by atoms with Crippen LogP contribution in [0.1, 0.15) is 49.9 Å². The molecule has 1 atom stereocenters. The third kappa shape index (κ3) is 4.55. The van der Waals surface area contributed by atoms with Crippen LogP contribution in [-0.4, -0.2) is 61.7 Å². The molecule has 1 aromatic carbocycles. The Morgan fingerprint density at radius 1 is 1.11 bits per heavy atom. The average Bonchev–Trinajstić information content (AvgIpc) is 3.52. The zero-order valence-electron chi connectivity index (χ0n) is 16.6. The maximum atomic E-state index is 12.8. The summed E-state index contributed by atoms with van der Waals surface area (Å²) in [6.07, 6.45) is 3.68. The predicted octanol–water partition coefficient (Wildman–Crippen LogP) is 1.85. The Bertz CT molecular complexity index is 814. The van der Waals surface area contributed by atoms with Crippen molar-refractivity contribution in [3.63, 3.8) is 0 Å². The second kappa shape index (κ2) is 8.61. The summed E-state index contributed by atoms with van der Waals surface area (Å²) in [5.41, 5.74) is 0.446. The van der Waals surface area contributed by atoms with E-state index in [0.717, 1.165) is 25.7 Å². The summed E-state index contributed by atoms with van der Waals surface area (Å²) in [4.78, 5) is 27.0. The van der Waals surface area contributed by atoms with E-state index in [0.29, 0.717) is 37.8 Å². The number of sulfonamides is 1. The Morgan fingerprint density at radius 2 is 1.75 bits per heavy atom. The zero-order chi connectivity index (χ0) is 20.3. The minimum atomic E-state index is -3.54. The van der Waals surface area contributed by atoms with Gasteiger partial charge in [-0.1, -0.05) is 13.8 Å². The number of hydrogen-bond acceptors (Lipinski definition) is 4. The van der Waals surface area contributed by atoms with Gasteiger partial charge in [-0.25, -0.2) is 8.42 Å². The van der Waals surface area contributed by atoms with Crippen LogP contribution < -0.4 is 5.32 Å². The molecule has 2 aliphatic rings. The quantitative estimate of drug-likeness (QED) is 0.747. The van der Waals surface area contributed by atoms with Crippen molar-refractivity contribution >= 4 is 21.8 Å². The highest BCUT2D eigenvalue weighted by molar-refractivity contribution is 7.89. The number of carbonyl (C=O) groups is 2. The van der Waals surface area contributed by atoms with Gasteiger partial charge in [0.2, 0.25) is 15.9 Å².